The van der Waals surface area contributed by atoms with E-state index in [9.17, 15) is 14.7 Å². The minimum atomic E-state index is -0.882. The SMILES string of the molecule is C=C1/C=C(CC(O)OC)\C=C/C(C)[C@@H](NC(=O)c2cc(C(=O)OC)ncn2)CC1. The summed E-state index contributed by atoms with van der Waals surface area (Å²) >= 11 is 0. The Kier molecular flexibility index (Phi) is 8.23. The Morgan fingerprint density at radius 3 is 2.76 bits per heavy atom. The summed E-state index contributed by atoms with van der Waals surface area (Å²) in [5.74, 6) is -1.00. The summed E-state index contributed by atoms with van der Waals surface area (Å²) < 4.78 is 9.55. The molecule has 2 unspecified atom stereocenters. The molecule has 3 atom stereocenters. The Labute approximate surface area is 170 Å². The quantitative estimate of drug-likeness (QED) is 0.555. The molecular formula is C21H27N3O5. The van der Waals surface area contributed by atoms with Crippen molar-refractivity contribution in [1.29, 1.82) is 0 Å². The van der Waals surface area contributed by atoms with E-state index in [0.717, 1.165) is 17.5 Å². The van der Waals surface area contributed by atoms with Gasteiger partial charge in [-0.1, -0.05) is 37.3 Å². The summed E-state index contributed by atoms with van der Waals surface area (Å²) in [7, 11) is 2.70. The number of hydrogen-bond donors (Lipinski definition) is 2. The van der Waals surface area contributed by atoms with E-state index in [2.05, 4.69) is 26.6 Å². The Hall–Kier alpha value is -2.84. The molecule has 0 aliphatic heterocycles. The molecule has 0 aromatic carbocycles. The van der Waals surface area contributed by atoms with Gasteiger partial charge in [-0.3, -0.25) is 4.79 Å². The predicted molar refractivity (Wildman–Crippen MR) is 107 cm³/mol. The zero-order chi connectivity index (χ0) is 21.4. The molecule has 1 aromatic rings. The smallest absolute Gasteiger partial charge is 0.356 e. The summed E-state index contributed by atoms with van der Waals surface area (Å²) in [6.45, 7) is 6.06. The van der Waals surface area contributed by atoms with Crippen LogP contribution in [0.15, 0.2) is 48.3 Å². The van der Waals surface area contributed by atoms with Gasteiger partial charge in [0.2, 0.25) is 0 Å². The van der Waals surface area contributed by atoms with Crippen LogP contribution in [0.2, 0.25) is 0 Å². The minimum absolute atomic E-state index is 0.0222. The topological polar surface area (TPSA) is 111 Å². The fourth-order valence-corrected chi connectivity index (χ4v) is 2.95. The molecule has 0 saturated carbocycles. The van der Waals surface area contributed by atoms with Gasteiger partial charge in [0, 0.05) is 25.6 Å². The van der Waals surface area contributed by atoms with Crippen molar-refractivity contribution in [3.05, 3.63) is 59.7 Å². The lowest BCUT2D eigenvalue weighted by atomic mass is 9.95. The van der Waals surface area contributed by atoms with Gasteiger partial charge < -0.3 is 19.9 Å². The first-order valence-corrected chi connectivity index (χ1v) is 9.32. The Bertz CT molecular complexity index is 818. The molecule has 1 aliphatic rings. The maximum atomic E-state index is 12.7. The monoisotopic (exact) mass is 401 g/mol. The third-order valence-electron chi connectivity index (χ3n) is 4.71. The molecule has 1 heterocycles. The number of hydrogen-bond acceptors (Lipinski definition) is 7. The Morgan fingerprint density at radius 1 is 1.34 bits per heavy atom. The van der Waals surface area contributed by atoms with Crippen molar-refractivity contribution < 1.29 is 24.2 Å². The number of amides is 1. The van der Waals surface area contributed by atoms with Crippen LogP contribution >= 0.6 is 0 Å². The van der Waals surface area contributed by atoms with Gasteiger partial charge in [0.15, 0.2) is 12.0 Å². The van der Waals surface area contributed by atoms with Crippen LogP contribution in [0.4, 0.5) is 0 Å². The van der Waals surface area contributed by atoms with Crippen LogP contribution in [0.25, 0.3) is 0 Å². The average molecular weight is 401 g/mol. The van der Waals surface area contributed by atoms with Gasteiger partial charge >= 0.3 is 5.97 Å². The Balaban J connectivity index is 2.13. The second-order valence-electron chi connectivity index (χ2n) is 6.89. The van der Waals surface area contributed by atoms with Gasteiger partial charge in [-0.25, -0.2) is 14.8 Å². The van der Waals surface area contributed by atoms with Gasteiger partial charge in [0.05, 0.1) is 7.11 Å². The maximum Gasteiger partial charge on any atom is 0.356 e. The van der Waals surface area contributed by atoms with Crippen molar-refractivity contribution in [2.75, 3.05) is 14.2 Å². The molecule has 0 saturated heterocycles. The first kappa shape index (κ1) is 22.4. The van der Waals surface area contributed by atoms with Crippen LogP contribution in [-0.2, 0) is 9.47 Å². The summed E-state index contributed by atoms with van der Waals surface area (Å²) in [4.78, 5) is 32.1. The second-order valence-corrected chi connectivity index (χ2v) is 6.89. The number of nitrogens with one attached hydrogen (secondary N) is 1. The number of nitrogens with zero attached hydrogens (tertiary/aromatic N) is 2. The largest absolute Gasteiger partial charge is 0.464 e. The molecular weight excluding hydrogens is 374 g/mol. The Morgan fingerprint density at radius 2 is 2.07 bits per heavy atom. The normalized spacial score (nSPS) is 23.6. The molecule has 0 bridgehead atoms. The van der Waals surface area contributed by atoms with Gasteiger partial charge in [0.1, 0.15) is 12.0 Å². The lowest BCUT2D eigenvalue weighted by molar-refractivity contribution is -0.0714. The second kappa shape index (κ2) is 10.6. The molecule has 29 heavy (non-hydrogen) atoms. The van der Waals surface area contributed by atoms with Crippen LogP contribution in [0.1, 0.15) is 47.2 Å². The number of methoxy groups -OCH3 is 2. The molecule has 2 rings (SSSR count). The first-order valence-electron chi connectivity index (χ1n) is 9.32. The van der Waals surface area contributed by atoms with E-state index in [-0.39, 0.29) is 23.3 Å². The van der Waals surface area contributed by atoms with Crippen LogP contribution < -0.4 is 5.32 Å². The molecule has 156 valence electrons. The van der Waals surface area contributed by atoms with Crippen molar-refractivity contribution in [3.8, 4) is 0 Å². The highest BCUT2D eigenvalue weighted by molar-refractivity contribution is 5.95. The zero-order valence-corrected chi connectivity index (χ0v) is 16.9. The van der Waals surface area contributed by atoms with Crippen molar-refractivity contribution in [2.45, 2.75) is 38.5 Å². The van der Waals surface area contributed by atoms with Gasteiger partial charge in [0.25, 0.3) is 5.91 Å². The highest BCUT2D eigenvalue weighted by Crippen LogP contribution is 2.22. The number of aliphatic hydroxyl groups excluding tert-OH is 1. The summed E-state index contributed by atoms with van der Waals surface area (Å²) in [6, 6.07) is 1.15. The number of aliphatic hydroxyl groups is 1. The third kappa shape index (κ3) is 6.62. The van der Waals surface area contributed by atoms with Crippen molar-refractivity contribution in [1.82, 2.24) is 15.3 Å². The van der Waals surface area contributed by atoms with E-state index < -0.39 is 18.2 Å². The number of aromatic nitrogens is 2. The molecule has 8 nitrogen and oxygen atoms in total. The standard InChI is InChI=1S/C21H27N3O5/c1-13-5-8-16(14(2)6-7-15(9-13)10-19(25)28-3)24-20(26)17-11-18(21(27)29-4)23-12-22-17/h6-7,9,11-12,14,16,19,25H,1,5,8,10H2,2-4H3,(H,24,26)/b7-6-,15-9+/t14?,16-,19?/m0/s1. The van der Waals surface area contributed by atoms with Crippen LogP contribution in [-0.4, -0.2) is 53.5 Å². The number of carbonyl (C=O) groups is 2. The fraction of sp³-hybridized carbons (Fsp3) is 0.429. The predicted octanol–water partition coefficient (Wildman–Crippen LogP) is 2.19. The summed E-state index contributed by atoms with van der Waals surface area (Å²) in [5, 5.41) is 12.7. The third-order valence-corrected chi connectivity index (χ3v) is 4.71. The number of allylic oxidation sites excluding steroid dienone is 3. The van der Waals surface area contributed by atoms with E-state index in [4.69, 9.17) is 4.74 Å². The van der Waals surface area contributed by atoms with Gasteiger partial charge in [-0.2, -0.15) is 0 Å². The maximum absolute atomic E-state index is 12.7. The highest BCUT2D eigenvalue weighted by atomic mass is 16.6. The number of carbonyl (C=O) groups excluding carboxylic acids is 2. The van der Waals surface area contributed by atoms with Crippen LogP contribution in [0, 0.1) is 5.92 Å². The van der Waals surface area contributed by atoms with E-state index in [0.29, 0.717) is 19.3 Å². The van der Waals surface area contributed by atoms with Gasteiger partial charge in [-0.15, -0.1) is 0 Å². The zero-order valence-electron chi connectivity index (χ0n) is 16.9. The summed E-state index contributed by atoms with van der Waals surface area (Å²) in [5.41, 5.74) is 1.92. The molecule has 1 amide bonds. The molecule has 2 N–H and O–H groups in total. The van der Waals surface area contributed by atoms with E-state index in [1.165, 1.54) is 20.3 Å². The average Bonchev–Trinajstić information content (AvgIpc) is 2.78. The van der Waals surface area contributed by atoms with Crippen molar-refractivity contribution in [3.63, 3.8) is 0 Å². The van der Waals surface area contributed by atoms with Crippen LogP contribution in [0.5, 0.6) is 0 Å². The van der Waals surface area contributed by atoms with E-state index >= 15 is 0 Å². The molecule has 0 spiro atoms. The van der Waals surface area contributed by atoms with Crippen molar-refractivity contribution >= 4 is 11.9 Å². The molecule has 8 heteroatoms. The van der Waals surface area contributed by atoms with E-state index in [1.54, 1.807) is 0 Å². The van der Waals surface area contributed by atoms with Crippen LogP contribution in [0.3, 0.4) is 0 Å². The molecule has 0 radical (unpaired) electrons. The lowest BCUT2D eigenvalue weighted by Gasteiger charge is -2.22. The fourth-order valence-electron chi connectivity index (χ4n) is 2.95. The summed E-state index contributed by atoms with van der Waals surface area (Å²) in [6.07, 6.45) is 7.83. The molecule has 1 aromatic heterocycles. The lowest BCUT2D eigenvalue weighted by Crippen LogP contribution is -2.39. The van der Waals surface area contributed by atoms with Gasteiger partial charge in [-0.05, 0) is 24.3 Å². The molecule has 0 fully saturated rings. The number of rotatable bonds is 6. The van der Waals surface area contributed by atoms with E-state index in [1.807, 2.05) is 25.2 Å². The number of esters is 1. The first-order chi connectivity index (χ1) is 13.8. The molecule has 1 aliphatic carbocycles. The number of ether oxygens (including phenoxy) is 2. The highest BCUT2D eigenvalue weighted by Gasteiger charge is 2.21. The minimum Gasteiger partial charge on any atom is -0.464 e. The van der Waals surface area contributed by atoms with Crippen molar-refractivity contribution in [2.24, 2.45) is 5.92 Å².